The first-order chi connectivity index (χ1) is 9.08. The second kappa shape index (κ2) is 5.43. The molecule has 1 heteroatoms. The van der Waals surface area contributed by atoms with E-state index >= 15 is 0 Å². The SMILES string of the molecule is C.CCC1(C)CCC(C(C)C2C(C)(C)C2(C)C)=C=CC1=O. The van der Waals surface area contributed by atoms with E-state index in [1.807, 2.05) is 0 Å². The molecular weight excluding hydrogens is 256 g/mol. The van der Waals surface area contributed by atoms with Gasteiger partial charge in [0.15, 0.2) is 5.78 Å². The Hall–Kier alpha value is -0.810. The average Bonchev–Trinajstić information content (AvgIpc) is 2.83. The lowest BCUT2D eigenvalue weighted by atomic mass is 9.78. The molecule has 0 aromatic carbocycles. The largest absolute Gasteiger partial charge is 0.294 e. The summed E-state index contributed by atoms with van der Waals surface area (Å²) in [6.45, 7) is 16.0. The average molecular weight is 290 g/mol. The molecule has 1 fully saturated rings. The quantitative estimate of drug-likeness (QED) is 0.600. The third-order valence-corrected chi connectivity index (χ3v) is 6.89. The van der Waals surface area contributed by atoms with Gasteiger partial charge in [0.2, 0.25) is 0 Å². The summed E-state index contributed by atoms with van der Waals surface area (Å²) in [6, 6.07) is 0. The van der Waals surface area contributed by atoms with Crippen LogP contribution in [0.2, 0.25) is 0 Å². The molecule has 1 saturated carbocycles. The lowest BCUT2D eigenvalue weighted by Crippen LogP contribution is -2.24. The molecule has 2 aliphatic carbocycles. The third kappa shape index (κ3) is 2.66. The van der Waals surface area contributed by atoms with Gasteiger partial charge in [-0.2, -0.15) is 0 Å². The Morgan fingerprint density at radius 2 is 1.76 bits per heavy atom. The van der Waals surface area contributed by atoms with E-state index in [-0.39, 0.29) is 18.6 Å². The van der Waals surface area contributed by atoms with Crippen LogP contribution >= 0.6 is 0 Å². The fourth-order valence-corrected chi connectivity index (χ4v) is 4.35. The molecule has 0 bridgehead atoms. The van der Waals surface area contributed by atoms with E-state index in [1.54, 1.807) is 6.08 Å². The van der Waals surface area contributed by atoms with Gasteiger partial charge in [0.25, 0.3) is 0 Å². The van der Waals surface area contributed by atoms with E-state index in [0.717, 1.165) is 19.3 Å². The van der Waals surface area contributed by atoms with E-state index < -0.39 is 0 Å². The first-order valence-electron chi connectivity index (χ1n) is 8.08. The molecule has 0 saturated heterocycles. The number of allylic oxidation sites excluding steroid dienone is 1. The van der Waals surface area contributed by atoms with Crippen molar-refractivity contribution in [2.45, 2.75) is 75.2 Å². The lowest BCUT2D eigenvalue weighted by molar-refractivity contribution is -0.123. The third-order valence-electron chi connectivity index (χ3n) is 6.89. The first-order valence-corrected chi connectivity index (χ1v) is 8.08. The molecular formula is C20H34O. The van der Waals surface area contributed by atoms with Crippen molar-refractivity contribution in [3.8, 4) is 0 Å². The predicted octanol–water partition coefficient (Wildman–Crippen LogP) is 5.80. The molecule has 0 aromatic heterocycles. The molecule has 0 spiro atoms. The molecule has 0 amide bonds. The van der Waals surface area contributed by atoms with Crippen molar-refractivity contribution < 1.29 is 4.79 Å². The number of hydrogen-bond donors (Lipinski definition) is 0. The summed E-state index contributed by atoms with van der Waals surface area (Å²) < 4.78 is 0. The maximum atomic E-state index is 12.2. The van der Waals surface area contributed by atoms with Crippen LogP contribution in [0.25, 0.3) is 0 Å². The minimum atomic E-state index is -0.178. The summed E-state index contributed by atoms with van der Waals surface area (Å²) in [4.78, 5) is 12.2. The van der Waals surface area contributed by atoms with Crippen molar-refractivity contribution in [1.29, 1.82) is 0 Å². The van der Waals surface area contributed by atoms with Crippen LogP contribution in [-0.2, 0) is 4.79 Å². The minimum Gasteiger partial charge on any atom is -0.294 e. The topological polar surface area (TPSA) is 17.1 Å². The van der Waals surface area contributed by atoms with Crippen molar-refractivity contribution in [2.75, 3.05) is 0 Å². The number of rotatable bonds is 3. The summed E-state index contributed by atoms with van der Waals surface area (Å²) in [5.74, 6) is 1.49. The van der Waals surface area contributed by atoms with E-state index in [0.29, 0.717) is 22.7 Å². The zero-order chi connectivity index (χ0) is 15.3. The van der Waals surface area contributed by atoms with Crippen LogP contribution in [0.15, 0.2) is 17.4 Å². The number of ketones is 1. The predicted molar refractivity (Wildman–Crippen MR) is 91.2 cm³/mol. The highest BCUT2D eigenvalue weighted by molar-refractivity contribution is 5.94. The minimum absolute atomic E-state index is 0. The molecule has 2 atom stereocenters. The van der Waals surface area contributed by atoms with Gasteiger partial charge in [0, 0.05) is 11.5 Å². The van der Waals surface area contributed by atoms with Gasteiger partial charge in [0.05, 0.1) is 0 Å². The lowest BCUT2D eigenvalue weighted by Gasteiger charge is -2.25. The molecule has 0 heterocycles. The van der Waals surface area contributed by atoms with Gasteiger partial charge >= 0.3 is 0 Å². The van der Waals surface area contributed by atoms with Gasteiger partial charge < -0.3 is 0 Å². The van der Waals surface area contributed by atoms with Crippen LogP contribution in [-0.4, -0.2) is 5.78 Å². The van der Waals surface area contributed by atoms with E-state index in [2.05, 4.69) is 54.2 Å². The molecule has 2 aliphatic rings. The van der Waals surface area contributed by atoms with Gasteiger partial charge in [-0.3, -0.25) is 4.79 Å². The first kappa shape index (κ1) is 18.2. The fourth-order valence-electron chi connectivity index (χ4n) is 4.35. The highest BCUT2D eigenvalue weighted by atomic mass is 16.1. The Kier molecular flexibility index (Phi) is 4.72. The normalized spacial score (nSPS) is 32.0. The van der Waals surface area contributed by atoms with Crippen LogP contribution in [0.5, 0.6) is 0 Å². The molecule has 0 radical (unpaired) electrons. The summed E-state index contributed by atoms with van der Waals surface area (Å²) in [7, 11) is 0. The smallest absolute Gasteiger partial charge is 0.169 e. The van der Waals surface area contributed by atoms with Crippen LogP contribution in [0.3, 0.4) is 0 Å². The highest BCUT2D eigenvalue weighted by Crippen LogP contribution is 2.72. The van der Waals surface area contributed by atoms with Gasteiger partial charge in [-0.05, 0) is 47.5 Å². The van der Waals surface area contributed by atoms with E-state index in [9.17, 15) is 4.79 Å². The summed E-state index contributed by atoms with van der Waals surface area (Å²) in [6.07, 6.45) is 4.65. The molecule has 0 aliphatic heterocycles. The number of hydrogen-bond acceptors (Lipinski definition) is 1. The monoisotopic (exact) mass is 290 g/mol. The zero-order valence-corrected chi connectivity index (χ0v) is 14.3. The molecule has 21 heavy (non-hydrogen) atoms. The van der Waals surface area contributed by atoms with E-state index in [4.69, 9.17) is 0 Å². The Morgan fingerprint density at radius 1 is 1.24 bits per heavy atom. The van der Waals surface area contributed by atoms with E-state index in [1.165, 1.54) is 5.57 Å². The van der Waals surface area contributed by atoms with Crippen molar-refractivity contribution in [1.82, 2.24) is 0 Å². The van der Waals surface area contributed by atoms with Gasteiger partial charge in [-0.25, -0.2) is 0 Å². The van der Waals surface area contributed by atoms with Crippen LogP contribution in [0.4, 0.5) is 0 Å². The van der Waals surface area contributed by atoms with Gasteiger partial charge in [0.1, 0.15) is 0 Å². The molecule has 2 rings (SSSR count). The summed E-state index contributed by atoms with van der Waals surface area (Å²) in [5, 5.41) is 0. The Balaban J connectivity index is 0.00000220. The van der Waals surface area contributed by atoms with Gasteiger partial charge in [-0.1, -0.05) is 55.9 Å². The van der Waals surface area contributed by atoms with Crippen LogP contribution in [0, 0.1) is 28.1 Å². The molecule has 0 aromatic rings. The molecule has 1 nitrogen and oxygen atoms in total. The Labute approximate surface area is 131 Å². The van der Waals surface area contributed by atoms with Gasteiger partial charge in [-0.15, -0.1) is 5.73 Å². The Bertz CT molecular complexity index is 474. The molecule has 120 valence electrons. The summed E-state index contributed by atoms with van der Waals surface area (Å²) >= 11 is 0. The number of carbonyl (C=O) groups excluding carboxylic acids is 1. The zero-order valence-electron chi connectivity index (χ0n) is 14.3. The molecule has 0 N–H and O–H groups in total. The summed E-state index contributed by atoms with van der Waals surface area (Å²) in [5.41, 5.74) is 5.33. The van der Waals surface area contributed by atoms with Crippen molar-refractivity contribution in [3.63, 3.8) is 0 Å². The fraction of sp³-hybridized carbons (Fsp3) is 0.800. The van der Waals surface area contributed by atoms with Crippen LogP contribution in [0.1, 0.15) is 75.2 Å². The van der Waals surface area contributed by atoms with Crippen molar-refractivity contribution >= 4 is 5.78 Å². The number of carbonyl (C=O) groups is 1. The maximum absolute atomic E-state index is 12.2. The van der Waals surface area contributed by atoms with Crippen molar-refractivity contribution in [2.24, 2.45) is 28.1 Å². The molecule has 2 unspecified atom stereocenters. The maximum Gasteiger partial charge on any atom is 0.169 e. The highest BCUT2D eigenvalue weighted by Gasteiger charge is 2.66. The van der Waals surface area contributed by atoms with Crippen LogP contribution < -0.4 is 0 Å². The second-order valence-corrected chi connectivity index (χ2v) is 8.30. The van der Waals surface area contributed by atoms with Crippen molar-refractivity contribution in [3.05, 3.63) is 17.4 Å². The second-order valence-electron chi connectivity index (χ2n) is 8.30. The standard InChI is InChI=1S/C19H30O.CH4/c1-8-19(7)12-11-14(9-10-15(19)20)13(2)16-17(3,4)18(16,5)6;/h10,13,16H,8,11-12H2,1-7H3;1H4. The Morgan fingerprint density at radius 3 is 2.19 bits per heavy atom.